The monoisotopic (exact) mass is 571 g/mol. The summed E-state index contributed by atoms with van der Waals surface area (Å²) in [4.78, 5) is 42.3. The van der Waals surface area contributed by atoms with Crippen LogP contribution in [0.2, 0.25) is 0 Å². The fourth-order valence-corrected chi connectivity index (χ4v) is 6.94. The van der Waals surface area contributed by atoms with Gasteiger partial charge in [-0.05, 0) is 42.7 Å². The first kappa shape index (κ1) is 25.7. The molecule has 10 heteroatoms. The van der Waals surface area contributed by atoms with Crippen molar-refractivity contribution in [2.24, 2.45) is 11.8 Å². The molecule has 3 fully saturated rings. The third-order valence-electron chi connectivity index (χ3n) is 7.56. The molecule has 0 aliphatic carbocycles. The van der Waals surface area contributed by atoms with Gasteiger partial charge in [-0.15, -0.1) is 0 Å². The van der Waals surface area contributed by atoms with Crippen molar-refractivity contribution in [1.82, 2.24) is 10.2 Å². The van der Waals surface area contributed by atoms with Crippen molar-refractivity contribution in [2.45, 2.75) is 42.0 Å². The van der Waals surface area contributed by atoms with Crippen LogP contribution in [-0.2, 0) is 25.7 Å². The average molecular weight is 572 g/mol. The van der Waals surface area contributed by atoms with E-state index in [0.29, 0.717) is 30.8 Å². The number of alkyl halides is 1. The lowest BCUT2D eigenvalue weighted by molar-refractivity contribution is -0.141. The number of methoxy groups -OCH3 is 1. The lowest BCUT2D eigenvalue weighted by Crippen LogP contribution is -2.54. The molecule has 3 saturated heterocycles. The minimum atomic E-state index is -1.14. The zero-order chi connectivity index (χ0) is 26.2. The summed E-state index contributed by atoms with van der Waals surface area (Å²) in [5.74, 6) is -1.80. The topological polar surface area (TPSA) is 117 Å². The van der Waals surface area contributed by atoms with Crippen LogP contribution in [0.3, 0.4) is 0 Å². The fourth-order valence-electron chi connectivity index (χ4n) is 6.00. The number of hydrogen-bond acceptors (Lipinski definition) is 6. The quantitative estimate of drug-likeness (QED) is 0.397. The predicted molar refractivity (Wildman–Crippen MR) is 139 cm³/mol. The maximum Gasteiger partial charge on any atom is 0.250 e. The number of benzene rings is 2. The Morgan fingerprint density at radius 2 is 1.89 bits per heavy atom. The molecule has 1 spiro atoms. The summed E-state index contributed by atoms with van der Waals surface area (Å²) in [5.41, 5.74) is 0.362. The van der Waals surface area contributed by atoms with Crippen LogP contribution >= 0.6 is 15.9 Å². The minimum Gasteiger partial charge on any atom is -0.497 e. The number of rotatable bonds is 9. The molecule has 2 aromatic rings. The van der Waals surface area contributed by atoms with E-state index in [1.54, 1.807) is 31.4 Å². The smallest absolute Gasteiger partial charge is 0.250 e. The number of fused-ring (bicyclic) bond motifs is 1. The molecule has 5 rings (SSSR count). The number of halogens is 1. The zero-order valence-electron chi connectivity index (χ0n) is 20.4. The van der Waals surface area contributed by atoms with E-state index in [1.165, 1.54) is 4.90 Å². The Balaban J connectivity index is 1.42. The third kappa shape index (κ3) is 4.51. The Bertz CT molecular complexity index is 1160. The standard InChI is InChI=1S/C27H30BrN3O6/c1-36-18-10-8-17(9-11-18)30-25(34)23-27-14-19(28)22(37-27)20(21(27)26(35)31(23)12-5-13-32)24(33)29-15-16-6-3-2-4-7-16/h2-4,6-11,19-23,32H,5,12-15H2,1H3,(H,29,33)(H,30,34)/t19?,20-,21-,22-,23?,27?/m0/s1. The van der Waals surface area contributed by atoms with Crippen LogP contribution < -0.4 is 15.4 Å². The summed E-state index contributed by atoms with van der Waals surface area (Å²) >= 11 is 3.66. The van der Waals surface area contributed by atoms with Crippen molar-refractivity contribution in [3.8, 4) is 5.75 Å². The maximum atomic E-state index is 13.8. The number of anilines is 1. The third-order valence-corrected chi connectivity index (χ3v) is 8.41. The number of ether oxygens (including phenoxy) is 2. The zero-order valence-corrected chi connectivity index (χ0v) is 22.0. The van der Waals surface area contributed by atoms with Gasteiger partial charge >= 0.3 is 0 Å². The van der Waals surface area contributed by atoms with E-state index in [-0.39, 0.29) is 35.7 Å². The molecule has 196 valence electrons. The summed E-state index contributed by atoms with van der Waals surface area (Å²) in [5, 5.41) is 15.3. The van der Waals surface area contributed by atoms with E-state index in [0.717, 1.165) is 5.56 Å². The molecule has 3 aliphatic heterocycles. The number of nitrogens with one attached hydrogen (secondary N) is 2. The number of carbonyl (C=O) groups excluding carboxylic acids is 3. The second kappa shape index (κ2) is 10.4. The van der Waals surface area contributed by atoms with Gasteiger partial charge in [-0.25, -0.2) is 0 Å². The van der Waals surface area contributed by atoms with Gasteiger partial charge in [-0.2, -0.15) is 0 Å². The van der Waals surface area contributed by atoms with Gasteiger partial charge in [0.05, 0.1) is 25.0 Å². The first-order chi connectivity index (χ1) is 17.9. The molecule has 3 heterocycles. The van der Waals surface area contributed by atoms with E-state index in [4.69, 9.17) is 9.47 Å². The molecule has 0 saturated carbocycles. The molecule has 37 heavy (non-hydrogen) atoms. The molecule has 3 aliphatic rings. The average Bonchev–Trinajstić information content (AvgIpc) is 3.50. The summed E-state index contributed by atoms with van der Waals surface area (Å²) in [7, 11) is 1.56. The highest BCUT2D eigenvalue weighted by molar-refractivity contribution is 9.09. The van der Waals surface area contributed by atoms with Crippen LogP contribution in [0.1, 0.15) is 18.4 Å². The first-order valence-electron chi connectivity index (χ1n) is 12.4. The number of aliphatic hydroxyl groups is 1. The Morgan fingerprint density at radius 1 is 1.16 bits per heavy atom. The van der Waals surface area contributed by atoms with Crippen LogP contribution in [0.25, 0.3) is 0 Å². The van der Waals surface area contributed by atoms with Crippen LogP contribution in [0.15, 0.2) is 54.6 Å². The molecule has 3 N–H and O–H groups in total. The highest BCUT2D eigenvalue weighted by atomic mass is 79.9. The molecule has 0 radical (unpaired) electrons. The van der Waals surface area contributed by atoms with Crippen molar-refractivity contribution in [3.63, 3.8) is 0 Å². The van der Waals surface area contributed by atoms with Gasteiger partial charge in [-0.3, -0.25) is 14.4 Å². The number of hydrogen-bond donors (Lipinski definition) is 3. The van der Waals surface area contributed by atoms with E-state index >= 15 is 0 Å². The van der Waals surface area contributed by atoms with E-state index in [1.807, 2.05) is 30.3 Å². The van der Waals surface area contributed by atoms with Crippen LogP contribution in [0.4, 0.5) is 5.69 Å². The van der Waals surface area contributed by atoms with Gasteiger partial charge in [0.2, 0.25) is 17.7 Å². The molecule has 0 aromatic heterocycles. The summed E-state index contributed by atoms with van der Waals surface area (Å²) < 4.78 is 11.6. The van der Waals surface area contributed by atoms with Gasteiger partial charge in [0.25, 0.3) is 0 Å². The number of amides is 3. The fraction of sp³-hybridized carbons (Fsp3) is 0.444. The summed E-state index contributed by atoms with van der Waals surface area (Å²) in [6.07, 6.45) is 0.209. The van der Waals surface area contributed by atoms with E-state index < -0.39 is 29.6 Å². The SMILES string of the molecule is COc1ccc(NC(=O)C2N(CCCO)C(=O)[C@@H]3[C@H](C(=O)NCc4ccccc4)[C@H]4OC23CC4Br)cc1. The van der Waals surface area contributed by atoms with Crippen molar-refractivity contribution >= 4 is 39.3 Å². The largest absolute Gasteiger partial charge is 0.497 e. The molecule has 3 amide bonds. The van der Waals surface area contributed by atoms with Gasteiger partial charge in [0, 0.05) is 30.2 Å². The van der Waals surface area contributed by atoms with Crippen LogP contribution in [0, 0.1) is 11.8 Å². The number of aliphatic hydroxyl groups excluding tert-OH is 1. The number of nitrogens with zero attached hydrogens (tertiary/aromatic N) is 1. The molecule has 3 unspecified atom stereocenters. The second-order valence-electron chi connectivity index (χ2n) is 9.69. The Kier molecular flexibility index (Phi) is 7.24. The molecule has 9 nitrogen and oxygen atoms in total. The van der Waals surface area contributed by atoms with Crippen molar-refractivity contribution in [2.75, 3.05) is 25.6 Å². The Hall–Kier alpha value is -2.95. The van der Waals surface area contributed by atoms with Crippen molar-refractivity contribution < 1.29 is 29.0 Å². The van der Waals surface area contributed by atoms with E-state index in [2.05, 4.69) is 26.6 Å². The second-order valence-corrected chi connectivity index (χ2v) is 10.9. The van der Waals surface area contributed by atoms with Crippen molar-refractivity contribution in [3.05, 3.63) is 60.2 Å². The predicted octanol–water partition coefficient (Wildman–Crippen LogP) is 2.08. The molecule has 2 aromatic carbocycles. The van der Waals surface area contributed by atoms with E-state index in [9.17, 15) is 19.5 Å². The Labute approximate surface area is 223 Å². The molecule has 2 bridgehead atoms. The van der Waals surface area contributed by atoms with Gasteiger partial charge in [-0.1, -0.05) is 46.3 Å². The summed E-state index contributed by atoms with van der Waals surface area (Å²) in [6, 6.07) is 15.5. The summed E-state index contributed by atoms with van der Waals surface area (Å²) in [6.45, 7) is 0.396. The maximum absolute atomic E-state index is 13.8. The minimum absolute atomic E-state index is 0.125. The van der Waals surface area contributed by atoms with Crippen LogP contribution in [-0.4, -0.2) is 70.6 Å². The lowest BCUT2D eigenvalue weighted by atomic mass is 9.70. The lowest BCUT2D eigenvalue weighted by Gasteiger charge is -2.34. The molecular weight excluding hydrogens is 542 g/mol. The highest BCUT2D eigenvalue weighted by Gasteiger charge is 2.76. The van der Waals surface area contributed by atoms with Gasteiger partial charge < -0.3 is 30.1 Å². The van der Waals surface area contributed by atoms with Crippen molar-refractivity contribution in [1.29, 1.82) is 0 Å². The number of likely N-dealkylation sites (tertiary alicyclic amines) is 1. The number of carbonyl (C=O) groups is 3. The van der Waals surface area contributed by atoms with Gasteiger partial charge in [0.15, 0.2) is 0 Å². The highest BCUT2D eigenvalue weighted by Crippen LogP contribution is 2.60. The normalized spacial score (nSPS) is 29.8. The van der Waals surface area contributed by atoms with Gasteiger partial charge in [0.1, 0.15) is 17.4 Å². The first-order valence-corrected chi connectivity index (χ1v) is 13.3. The molecular formula is C27H30BrN3O6. The van der Waals surface area contributed by atoms with Crippen LogP contribution in [0.5, 0.6) is 5.75 Å². The molecule has 6 atom stereocenters. The Morgan fingerprint density at radius 3 is 2.57 bits per heavy atom.